The maximum absolute atomic E-state index is 15.2. The predicted molar refractivity (Wildman–Crippen MR) is 162 cm³/mol. The number of amides is 2. The summed E-state index contributed by atoms with van der Waals surface area (Å²) in [6, 6.07) is 8.92. The Bertz CT molecular complexity index is 1870. The summed E-state index contributed by atoms with van der Waals surface area (Å²) in [5, 5.41) is 15.2. The highest BCUT2D eigenvalue weighted by Gasteiger charge is 2.50. The van der Waals surface area contributed by atoms with Crippen LogP contribution < -0.4 is 20.5 Å². The number of aliphatic hydroxyl groups is 1. The molecule has 1 saturated carbocycles. The van der Waals surface area contributed by atoms with Crippen molar-refractivity contribution in [2.24, 2.45) is 11.7 Å². The number of primary amides is 1. The van der Waals surface area contributed by atoms with E-state index in [-0.39, 0.29) is 52.9 Å². The summed E-state index contributed by atoms with van der Waals surface area (Å²) in [4.78, 5) is 34.9. The van der Waals surface area contributed by atoms with E-state index in [1.807, 2.05) is 0 Å². The van der Waals surface area contributed by atoms with Crippen molar-refractivity contribution in [3.8, 4) is 22.8 Å². The Labute approximate surface area is 263 Å². The maximum atomic E-state index is 15.2. The van der Waals surface area contributed by atoms with Crippen LogP contribution in [0.1, 0.15) is 41.4 Å². The first-order chi connectivity index (χ1) is 20.9. The van der Waals surface area contributed by atoms with Gasteiger partial charge in [-0.25, -0.2) is 13.8 Å². The number of nitrogens with two attached hydrogens (primary N) is 1. The minimum Gasteiger partial charge on any atom is -0.494 e. The second kappa shape index (κ2) is 10.9. The Kier molecular flexibility index (Phi) is 7.50. The van der Waals surface area contributed by atoms with E-state index in [4.69, 9.17) is 26.8 Å². The van der Waals surface area contributed by atoms with E-state index in [2.05, 4.69) is 31.2 Å². The highest BCUT2D eigenvalue weighted by molar-refractivity contribution is 9.10. The topological polar surface area (TPSA) is 137 Å². The third-order valence-corrected chi connectivity index (χ3v) is 9.04. The standard InChI is InChI=1S/C31H26BrClF2N4O5/c1-30(29(36)41)13-44-27-19(30)10-22(39-26(27)18-5-6-20(33)24(35)23(18)34)31(42,16-3-4-16)12-38-28(40)15-7-14-8-17(32)11-37-25(14)21(9-15)43-2/h5-11,16,42H,3-4,12-13H2,1-2H3,(H2,36,41)(H,38,40)/t30-,31+/m0/s1. The molecule has 2 aromatic heterocycles. The fraction of sp³-hybridized carbons (Fsp3) is 0.290. The largest absolute Gasteiger partial charge is 0.494 e. The van der Waals surface area contributed by atoms with E-state index in [9.17, 15) is 19.1 Å². The summed E-state index contributed by atoms with van der Waals surface area (Å²) in [6.45, 7) is 1.12. The van der Waals surface area contributed by atoms with E-state index in [1.54, 1.807) is 31.3 Å². The third kappa shape index (κ3) is 4.94. The zero-order valence-electron chi connectivity index (χ0n) is 23.5. The van der Waals surface area contributed by atoms with Crippen LogP contribution in [0.4, 0.5) is 8.78 Å². The number of halogens is 4. The minimum absolute atomic E-state index is 0.0425. The number of pyridine rings is 2. The molecule has 0 bridgehead atoms. The number of hydrogen-bond donors (Lipinski definition) is 3. The van der Waals surface area contributed by atoms with Gasteiger partial charge in [0.05, 0.1) is 24.4 Å². The van der Waals surface area contributed by atoms with Gasteiger partial charge in [-0.3, -0.25) is 14.6 Å². The third-order valence-electron chi connectivity index (χ3n) is 8.32. The molecule has 44 heavy (non-hydrogen) atoms. The molecule has 1 aliphatic carbocycles. The van der Waals surface area contributed by atoms with Crippen molar-refractivity contribution in [2.45, 2.75) is 30.8 Å². The van der Waals surface area contributed by atoms with E-state index in [0.717, 1.165) is 4.47 Å². The van der Waals surface area contributed by atoms with Gasteiger partial charge in [-0.15, -0.1) is 0 Å². The smallest absolute Gasteiger partial charge is 0.251 e. The van der Waals surface area contributed by atoms with Crippen LogP contribution in [0, 0.1) is 17.6 Å². The van der Waals surface area contributed by atoms with Gasteiger partial charge in [-0.05, 0) is 78.0 Å². The van der Waals surface area contributed by atoms with Crippen molar-refractivity contribution in [3.05, 3.63) is 80.5 Å². The number of fused-ring (bicyclic) bond motifs is 2. The lowest BCUT2D eigenvalue weighted by Gasteiger charge is -2.30. The molecule has 4 aromatic rings. The number of benzene rings is 2. The van der Waals surface area contributed by atoms with Crippen molar-refractivity contribution in [1.29, 1.82) is 0 Å². The van der Waals surface area contributed by atoms with E-state index in [0.29, 0.717) is 29.5 Å². The quantitative estimate of drug-likeness (QED) is 0.218. The lowest BCUT2D eigenvalue weighted by Crippen LogP contribution is -2.44. The summed E-state index contributed by atoms with van der Waals surface area (Å²) < 4.78 is 41.7. The number of carbonyl (C=O) groups is 2. The van der Waals surface area contributed by atoms with Gasteiger partial charge in [0.25, 0.3) is 5.91 Å². The highest BCUT2D eigenvalue weighted by Crippen LogP contribution is 2.50. The molecule has 2 aromatic carbocycles. The molecule has 0 radical (unpaired) electrons. The molecule has 6 rings (SSSR count). The first-order valence-electron chi connectivity index (χ1n) is 13.6. The average Bonchev–Trinajstić information content (AvgIpc) is 3.81. The van der Waals surface area contributed by atoms with Gasteiger partial charge in [-0.1, -0.05) is 11.6 Å². The van der Waals surface area contributed by atoms with E-state index >= 15 is 4.39 Å². The second-order valence-corrected chi connectivity index (χ2v) is 12.5. The molecule has 0 unspecified atom stereocenters. The average molecular weight is 688 g/mol. The Morgan fingerprint density at radius 3 is 2.68 bits per heavy atom. The molecule has 2 atom stereocenters. The minimum atomic E-state index is -1.74. The molecular formula is C31H26BrClF2N4O5. The molecule has 2 amide bonds. The van der Waals surface area contributed by atoms with Gasteiger partial charge in [0.15, 0.2) is 11.6 Å². The molecule has 2 aliphatic rings. The molecule has 0 saturated heterocycles. The first-order valence-corrected chi connectivity index (χ1v) is 14.8. The van der Waals surface area contributed by atoms with Crippen LogP contribution in [0.15, 0.2) is 47.1 Å². The van der Waals surface area contributed by atoms with Crippen LogP contribution in [0.2, 0.25) is 5.02 Å². The Morgan fingerprint density at radius 2 is 2.00 bits per heavy atom. The van der Waals surface area contributed by atoms with Gasteiger partial charge in [-0.2, -0.15) is 0 Å². The van der Waals surface area contributed by atoms with Crippen LogP contribution in [0.5, 0.6) is 11.5 Å². The number of nitrogens with zero attached hydrogens (tertiary/aromatic N) is 2. The summed E-state index contributed by atoms with van der Waals surface area (Å²) in [5.74, 6) is -3.64. The van der Waals surface area contributed by atoms with Crippen molar-refractivity contribution < 1.29 is 33.0 Å². The monoisotopic (exact) mass is 686 g/mol. The van der Waals surface area contributed by atoms with Gasteiger partial charge >= 0.3 is 0 Å². The number of nitrogens with one attached hydrogen (secondary N) is 1. The molecule has 1 fully saturated rings. The maximum Gasteiger partial charge on any atom is 0.251 e. The van der Waals surface area contributed by atoms with Crippen molar-refractivity contribution in [3.63, 3.8) is 0 Å². The van der Waals surface area contributed by atoms with Crippen LogP contribution in [0.3, 0.4) is 0 Å². The molecule has 228 valence electrons. The van der Waals surface area contributed by atoms with Crippen molar-refractivity contribution in [2.75, 3.05) is 20.3 Å². The molecule has 3 heterocycles. The fourth-order valence-electron chi connectivity index (χ4n) is 5.50. The van der Waals surface area contributed by atoms with Gasteiger partial charge < -0.3 is 25.6 Å². The Balaban J connectivity index is 1.42. The predicted octanol–water partition coefficient (Wildman–Crippen LogP) is 5.16. The zero-order valence-corrected chi connectivity index (χ0v) is 25.9. The molecule has 1 aliphatic heterocycles. The van der Waals surface area contributed by atoms with Crippen molar-refractivity contribution >= 4 is 50.2 Å². The SMILES string of the molecule is COc1cc(C(=O)NC[C@](O)(c2cc3c(c(-c4ccc(Cl)c(F)c4F)n2)OC[C@]3(C)C(N)=O)C2CC2)cc2cc(Br)cnc12. The number of rotatable bonds is 8. The van der Waals surface area contributed by atoms with Crippen LogP contribution in [0.25, 0.3) is 22.2 Å². The van der Waals surface area contributed by atoms with Crippen molar-refractivity contribution in [1.82, 2.24) is 15.3 Å². The van der Waals surface area contributed by atoms with Gasteiger partial charge in [0.2, 0.25) is 5.91 Å². The van der Waals surface area contributed by atoms with Gasteiger partial charge in [0.1, 0.15) is 40.3 Å². The van der Waals surface area contributed by atoms with Crippen LogP contribution >= 0.6 is 27.5 Å². The van der Waals surface area contributed by atoms with Gasteiger partial charge in [0, 0.05) is 32.7 Å². The lowest BCUT2D eigenvalue weighted by molar-refractivity contribution is -0.123. The van der Waals surface area contributed by atoms with E-state index in [1.165, 1.54) is 25.3 Å². The molecular weight excluding hydrogens is 662 g/mol. The molecule has 4 N–H and O–H groups in total. The number of ether oxygens (including phenoxy) is 2. The zero-order chi connectivity index (χ0) is 31.6. The van der Waals surface area contributed by atoms with E-state index < -0.39 is 39.5 Å². The number of hydrogen-bond acceptors (Lipinski definition) is 7. The number of carbonyl (C=O) groups excluding carboxylic acids is 2. The molecule has 0 spiro atoms. The Morgan fingerprint density at radius 1 is 1.25 bits per heavy atom. The summed E-state index contributed by atoms with van der Waals surface area (Å²) >= 11 is 9.18. The Hall–Kier alpha value is -3.87. The number of methoxy groups -OCH3 is 1. The van der Waals surface area contributed by atoms with Crippen LogP contribution in [-0.2, 0) is 15.8 Å². The summed E-state index contributed by atoms with van der Waals surface area (Å²) in [7, 11) is 1.47. The first kappa shape index (κ1) is 30.2. The number of aromatic nitrogens is 2. The van der Waals surface area contributed by atoms with Crippen LogP contribution in [-0.4, -0.2) is 47.2 Å². The fourth-order valence-corrected chi connectivity index (χ4v) is 5.99. The highest BCUT2D eigenvalue weighted by atomic mass is 79.9. The normalized spacial score (nSPS) is 18.8. The summed E-state index contributed by atoms with van der Waals surface area (Å²) in [5.41, 5.74) is 3.41. The summed E-state index contributed by atoms with van der Waals surface area (Å²) in [6.07, 6.45) is 2.87. The molecule has 9 nitrogen and oxygen atoms in total. The second-order valence-electron chi connectivity index (χ2n) is 11.2. The lowest BCUT2D eigenvalue weighted by atomic mass is 9.81. The molecule has 13 heteroatoms.